The fourth-order valence-corrected chi connectivity index (χ4v) is 17.5. The molecule has 432 valence electrons. The highest BCUT2D eigenvalue weighted by atomic mass is 31.2. The highest BCUT2D eigenvalue weighted by molar-refractivity contribution is 7.44. The van der Waals surface area contributed by atoms with E-state index >= 15 is 0 Å². The molecule has 4 saturated carbocycles. The molecule has 75 heavy (non-hydrogen) atoms. The van der Waals surface area contributed by atoms with Crippen LogP contribution in [0, 0.1) is 57.7 Å². The van der Waals surface area contributed by atoms with Crippen LogP contribution in [0.5, 0.6) is 0 Å². The summed E-state index contributed by atoms with van der Waals surface area (Å²) in [6.07, 6.45) is 38.3. The Balaban J connectivity index is 0.908. The molecule has 2 N–H and O–H groups in total. The van der Waals surface area contributed by atoms with E-state index in [1.807, 2.05) is 4.90 Å². The topological polar surface area (TPSA) is 133 Å². The van der Waals surface area contributed by atoms with Gasteiger partial charge in [0.2, 0.25) is 11.8 Å². The average Bonchev–Trinajstić information content (AvgIpc) is 3.93. The van der Waals surface area contributed by atoms with Crippen LogP contribution in [0.15, 0.2) is 0 Å². The van der Waals surface area contributed by atoms with E-state index in [0.717, 1.165) is 82.1 Å². The average molecular weight is 1070 g/mol. The first-order valence-corrected chi connectivity index (χ1v) is 33.0. The fraction of sp³-hybridized carbons (Fsp3) is 0.937. The molecule has 12 atom stereocenters. The second-order valence-electron chi connectivity index (χ2n) is 26.0. The predicted octanol–water partition coefficient (Wildman–Crippen LogP) is 16.4. The van der Waals surface area contributed by atoms with Crippen LogP contribution in [-0.2, 0) is 23.4 Å². The Kier molecular flexibility index (Phi) is 28.6. The van der Waals surface area contributed by atoms with Crippen molar-refractivity contribution in [1.29, 1.82) is 5.26 Å². The molecule has 5 aliphatic rings. The first-order chi connectivity index (χ1) is 36.1. The number of nitriles is 1. The van der Waals surface area contributed by atoms with Crippen molar-refractivity contribution in [2.24, 2.45) is 46.3 Å². The minimum atomic E-state index is -1.34. The fourth-order valence-electron chi connectivity index (χ4n) is 15.8. The van der Waals surface area contributed by atoms with E-state index in [-0.39, 0.29) is 48.2 Å². The van der Waals surface area contributed by atoms with Crippen molar-refractivity contribution in [3.05, 3.63) is 0 Å². The van der Waals surface area contributed by atoms with Crippen LogP contribution in [0.2, 0.25) is 0 Å². The summed E-state index contributed by atoms with van der Waals surface area (Å²) in [6, 6.07) is 2.72. The molecule has 0 aromatic heterocycles. The highest BCUT2D eigenvalue weighted by Crippen LogP contribution is 2.68. The number of carbonyl (C=O) groups is 3. The molecule has 0 spiro atoms. The third-order valence-corrected chi connectivity index (χ3v) is 22.1. The number of unbranched alkanes of at least 4 members (excludes halogenated alkanes) is 17. The van der Waals surface area contributed by atoms with Crippen LogP contribution in [0.1, 0.15) is 274 Å². The first-order valence-electron chi connectivity index (χ1n) is 31.9. The zero-order valence-corrected chi connectivity index (χ0v) is 50.6. The number of hydrogen-bond acceptors (Lipinski definition) is 8. The summed E-state index contributed by atoms with van der Waals surface area (Å²) < 4.78 is 21.0. The summed E-state index contributed by atoms with van der Waals surface area (Å²) in [5, 5.41) is 15.4. The van der Waals surface area contributed by atoms with Gasteiger partial charge < -0.3 is 29.3 Å². The summed E-state index contributed by atoms with van der Waals surface area (Å²) in [4.78, 5) is 41.4. The van der Waals surface area contributed by atoms with Crippen LogP contribution < -0.4 is 10.6 Å². The zero-order chi connectivity index (χ0) is 54.2. The van der Waals surface area contributed by atoms with Crippen molar-refractivity contribution in [1.82, 2.24) is 20.2 Å². The second kappa shape index (κ2) is 33.6. The van der Waals surface area contributed by atoms with E-state index in [0.29, 0.717) is 67.5 Å². The standard InChI is InChI=1S/C63H114N5O6P/c1-10-11-12-13-14-15-16-17-18-19-20-21-22-23-24-27-42-65-59(69)36-31-50(6)56-34-35-57-55-33-32-52-46-53(37-39-62(52,8)58(55)38-40-63(56,57)9)73-61(71)66-43-28-25-26-30-60(70)67-47-54(45-51(67)7)74-75(72-44-29-41-64)68(48(2)3)49(4)5/h48-58H,10-40,42-47H2,1-9H3,(H,65,69)(H,66,71)/t50-,51-,52-,53-,54-,55?,56-,57?,58?,62+,63-,75?/m1/s1. The number of ether oxygens (including phenoxy) is 1. The summed E-state index contributed by atoms with van der Waals surface area (Å²) in [5.74, 6) is 4.70. The van der Waals surface area contributed by atoms with Gasteiger partial charge in [0.1, 0.15) is 6.10 Å². The van der Waals surface area contributed by atoms with Gasteiger partial charge >= 0.3 is 6.09 Å². The molecule has 1 heterocycles. The molecule has 5 fully saturated rings. The lowest BCUT2D eigenvalue weighted by Gasteiger charge is -2.61. The molecule has 1 saturated heterocycles. The van der Waals surface area contributed by atoms with Crippen molar-refractivity contribution >= 4 is 26.4 Å². The Labute approximate surface area is 461 Å². The summed E-state index contributed by atoms with van der Waals surface area (Å²) >= 11 is 0. The molecule has 0 bridgehead atoms. The van der Waals surface area contributed by atoms with Gasteiger partial charge in [-0.25, -0.2) is 9.46 Å². The van der Waals surface area contributed by atoms with E-state index < -0.39 is 8.53 Å². The molecule has 12 heteroatoms. The first kappa shape index (κ1) is 63.8. The van der Waals surface area contributed by atoms with E-state index in [1.54, 1.807) is 0 Å². The van der Waals surface area contributed by atoms with Gasteiger partial charge in [0.25, 0.3) is 8.53 Å². The molecule has 1 aliphatic heterocycles. The van der Waals surface area contributed by atoms with Crippen LogP contribution in [0.3, 0.4) is 0 Å². The molecule has 0 radical (unpaired) electrons. The van der Waals surface area contributed by atoms with Crippen LogP contribution in [0.25, 0.3) is 0 Å². The van der Waals surface area contributed by atoms with Gasteiger partial charge in [0.05, 0.1) is 25.2 Å². The van der Waals surface area contributed by atoms with Crippen molar-refractivity contribution in [2.45, 2.75) is 305 Å². The number of likely N-dealkylation sites (tertiary alicyclic amines) is 1. The quantitative estimate of drug-likeness (QED) is 0.0468. The van der Waals surface area contributed by atoms with Gasteiger partial charge in [0, 0.05) is 50.6 Å². The third-order valence-electron chi connectivity index (χ3n) is 19.9. The second-order valence-corrected chi connectivity index (χ2v) is 27.4. The predicted molar refractivity (Wildman–Crippen MR) is 309 cm³/mol. The largest absolute Gasteiger partial charge is 0.446 e. The monoisotopic (exact) mass is 1070 g/mol. The lowest BCUT2D eigenvalue weighted by atomic mass is 9.44. The number of alkyl carbamates (subject to hydrolysis) is 1. The maximum absolute atomic E-state index is 13.3. The normalized spacial score (nSPS) is 29.2. The molecule has 3 amide bonds. The van der Waals surface area contributed by atoms with Crippen molar-refractivity contribution < 1.29 is 28.2 Å². The molecule has 0 aromatic carbocycles. The number of carbonyl (C=O) groups excluding carboxylic acids is 3. The Bertz CT molecular complexity index is 1690. The van der Waals surface area contributed by atoms with Gasteiger partial charge in [-0.05, 0) is 171 Å². The number of rotatable bonds is 36. The lowest BCUT2D eigenvalue weighted by Crippen LogP contribution is -2.54. The maximum Gasteiger partial charge on any atom is 0.407 e. The van der Waals surface area contributed by atoms with Crippen molar-refractivity contribution in [3.63, 3.8) is 0 Å². The number of amides is 3. The third kappa shape index (κ3) is 19.7. The number of hydrogen-bond donors (Lipinski definition) is 2. The van der Waals surface area contributed by atoms with Gasteiger partial charge in [-0.3, -0.25) is 9.59 Å². The maximum atomic E-state index is 13.3. The van der Waals surface area contributed by atoms with Gasteiger partial charge in [0.15, 0.2) is 0 Å². The van der Waals surface area contributed by atoms with Crippen LogP contribution >= 0.6 is 8.53 Å². The van der Waals surface area contributed by atoms with Gasteiger partial charge in [-0.1, -0.05) is 130 Å². The Hall–Kier alpha value is -1.99. The molecule has 4 aliphatic carbocycles. The minimum absolute atomic E-state index is 0.0105. The Morgan fingerprint density at radius 3 is 1.91 bits per heavy atom. The summed E-state index contributed by atoms with van der Waals surface area (Å²) in [7, 11) is -1.34. The van der Waals surface area contributed by atoms with Gasteiger partial charge in [-0.2, -0.15) is 5.26 Å². The van der Waals surface area contributed by atoms with Crippen molar-refractivity contribution in [3.8, 4) is 6.07 Å². The number of nitrogens with one attached hydrogen (secondary N) is 2. The van der Waals surface area contributed by atoms with E-state index in [1.165, 1.54) is 135 Å². The summed E-state index contributed by atoms with van der Waals surface area (Å²) in [6.45, 7) is 22.9. The highest BCUT2D eigenvalue weighted by Gasteiger charge is 2.61. The lowest BCUT2D eigenvalue weighted by molar-refractivity contribution is -0.132. The Morgan fingerprint density at radius 2 is 1.28 bits per heavy atom. The van der Waals surface area contributed by atoms with E-state index in [2.05, 4.69) is 83.7 Å². The molecular formula is C63H114N5O6P. The van der Waals surface area contributed by atoms with Crippen LogP contribution in [0.4, 0.5) is 4.79 Å². The molecule has 11 nitrogen and oxygen atoms in total. The minimum Gasteiger partial charge on any atom is -0.446 e. The number of fused-ring (bicyclic) bond motifs is 5. The molecule has 5 rings (SSSR count). The van der Waals surface area contributed by atoms with E-state index in [9.17, 15) is 14.4 Å². The SMILES string of the molecule is CCCCCCCCCCCCCCCCCCNC(=O)CC[C@@H](C)[C@H]1CCC2C3CC[C@@H]4C[C@H](OC(=O)NCCCCCC(=O)N5C[C@H](OP(OCCC#N)N(C(C)C)C(C)C)C[C@H]5C)CC[C@]4(C)C3CC[C@@]21C. The smallest absolute Gasteiger partial charge is 0.407 e. The summed E-state index contributed by atoms with van der Waals surface area (Å²) in [5.41, 5.74) is 0.712. The van der Waals surface area contributed by atoms with E-state index in [4.69, 9.17) is 19.0 Å². The molecule has 4 unspecified atom stereocenters. The molecule has 0 aromatic rings. The van der Waals surface area contributed by atoms with Crippen LogP contribution in [-0.4, -0.2) is 84.1 Å². The van der Waals surface area contributed by atoms with Gasteiger partial charge in [-0.15, -0.1) is 0 Å². The number of nitrogens with zero attached hydrogens (tertiary/aromatic N) is 3. The Morgan fingerprint density at radius 1 is 0.693 bits per heavy atom. The zero-order valence-electron chi connectivity index (χ0n) is 49.8. The van der Waals surface area contributed by atoms with Crippen molar-refractivity contribution in [2.75, 3.05) is 26.2 Å². The molecular weight excluding hydrogens is 954 g/mol.